The Bertz CT molecular complexity index is 549. The first-order chi connectivity index (χ1) is 8.27. The molecule has 0 bridgehead atoms. The van der Waals surface area contributed by atoms with E-state index in [4.69, 9.17) is 0 Å². The van der Waals surface area contributed by atoms with Gasteiger partial charge in [-0.2, -0.15) is 34.8 Å². The van der Waals surface area contributed by atoms with Crippen molar-refractivity contribution in [1.82, 2.24) is 0 Å². The van der Waals surface area contributed by atoms with Crippen LogP contribution in [0.4, 0.5) is 0 Å². The molecular weight excluding hydrogens is 339 g/mol. The zero-order valence-corrected chi connectivity index (χ0v) is 15.8. The molecule has 0 radical (unpaired) electrons. The summed E-state index contributed by atoms with van der Waals surface area (Å²) in [5, 5.41) is 4.07. The van der Waals surface area contributed by atoms with Gasteiger partial charge in [0.05, 0.1) is 0 Å². The number of rotatable bonds is 0. The quantitative estimate of drug-likeness (QED) is 0.468. The number of benzene rings is 1. The van der Waals surface area contributed by atoms with E-state index in [0.29, 0.717) is 0 Å². The summed E-state index contributed by atoms with van der Waals surface area (Å²) in [5.74, 6) is 0. The molecule has 0 N–H and O–H groups in total. The van der Waals surface area contributed by atoms with Gasteiger partial charge in [0, 0.05) is 0 Å². The molecule has 104 valence electrons. The molecule has 2 aromatic carbocycles. The van der Waals surface area contributed by atoms with Gasteiger partial charge in [-0.15, -0.1) is 54.5 Å². The molecule has 0 saturated heterocycles. The van der Waals surface area contributed by atoms with Gasteiger partial charge in [-0.3, -0.25) is 0 Å². The summed E-state index contributed by atoms with van der Waals surface area (Å²) in [4.78, 5) is 0. The molecule has 0 spiro atoms. The van der Waals surface area contributed by atoms with Gasteiger partial charge < -0.3 is 0 Å². The molecule has 1 aliphatic carbocycles. The fraction of sp³-hybridized carbons (Fsp3) is 0.125. The van der Waals surface area contributed by atoms with Crippen LogP contribution < -0.4 is 0 Å². The molecule has 0 atom stereocenters. The summed E-state index contributed by atoms with van der Waals surface area (Å²) < 4.78 is 0. The smallest absolute Gasteiger partial charge is 0.214 e. The molecule has 3 rings (SSSR count). The van der Waals surface area contributed by atoms with Crippen LogP contribution in [0.2, 0.25) is 13.1 Å². The number of hydrogen-bond acceptors (Lipinski definition) is 0. The predicted octanol–water partition coefficient (Wildman–Crippen LogP) is 4.82. The Kier molecular flexibility index (Phi) is 12.5. The third-order valence-corrected chi connectivity index (χ3v) is 4.07. The average molecular weight is 357 g/mol. The predicted molar refractivity (Wildman–Crippen MR) is 93.5 cm³/mol. The van der Waals surface area contributed by atoms with Crippen LogP contribution in [0.5, 0.6) is 0 Å². The summed E-state index contributed by atoms with van der Waals surface area (Å²) in [7, 11) is -0.225. The second-order valence-electron chi connectivity index (χ2n) is 4.24. The number of halogens is 2. The van der Waals surface area contributed by atoms with Crippen LogP contribution in [0, 0.1) is 6.08 Å². The van der Waals surface area contributed by atoms with Crippen LogP contribution in [0.3, 0.4) is 0 Å². The molecule has 4 heteroatoms. The average Bonchev–Trinajstić information content (AvgIpc) is 3.01. The molecule has 0 saturated carbocycles. The van der Waals surface area contributed by atoms with E-state index >= 15 is 0 Å². The van der Waals surface area contributed by atoms with E-state index in [1.807, 2.05) is 12.2 Å². The van der Waals surface area contributed by atoms with Gasteiger partial charge in [-0.1, -0.05) is 19.2 Å². The second-order valence-corrected chi connectivity index (χ2v) is 6.78. The first kappa shape index (κ1) is 22.0. The number of hydrogen-bond donors (Lipinski definition) is 0. The molecule has 2 aromatic rings. The number of fused-ring (bicyclic) bond motifs is 1. The summed E-state index contributed by atoms with van der Waals surface area (Å²) in [6.07, 6.45) is 9.36. The minimum absolute atomic E-state index is 0. The Morgan fingerprint density at radius 3 is 2.25 bits per heavy atom. The molecule has 0 fully saturated rings. The summed E-state index contributed by atoms with van der Waals surface area (Å²) in [5.41, 5.74) is 0. The van der Waals surface area contributed by atoms with Crippen molar-refractivity contribution in [3.63, 3.8) is 0 Å². The van der Waals surface area contributed by atoms with Crippen LogP contribution in [0.1, 0.15) is 0 Å². The maximum atomic E-state index is 3.18. The Morgan fingerprint density at radius 1 is 1.05 bits per heavy atom. The molecule has 0 nitrogen and oxygen atoms in total. The van der Waals surface area contributed by atoms with Crippen molar-refractivity contribution in [2.45, 2.75) is 13.1 Å². The third-order valence-electron chi connectivity index (χ3n) is 2.68. The fourth-order valence-electron chi connectivity index (χ4n) is 1.71. The Balaban J connectivity index is 0. The molecule has 0 amide bonds. The fourth-order valence-corrected chi connectivity index (χ4v) is 2.51. The van der Waals surface area contributed by atoms with Gasteiger partial charge in [0.25, 0.3) is 0 Å². The summed E-state index contributed by atoms with van der Waals surface area (Å²) in [6, 6.07) is 14.7. The van der Waals surface area contributed by atoms with Crippen molar-refractivity contribution in [3.8, 4) is 0 Å². The molecule has 0 unspecified atom stereocenters. The van der Waals surface area contributed by atoms with Crippen molar-refractivity contribution in [2.75, 3.05) is 0 Å². The second kappa shape index (κ2) is 11.4. The van der Waals surface area contributed by atoms with Crippen molar-refractivity contribution in [2.24, 2.45) is 0 Å². The zero-order chi connectivity index (χ0) is 12.1. The van der Waals surface area contributed by atoms with Crippen molar-refractivity contribution in [1.29, 1.82) is 0 Å². The van der Waals surface area contributed by atoms with E-state index in [-0.39, 0.29) is 54.9 Å². The van der Waals surface area contributed by atoms with Gasteiger partial charge >= 0.3 is 21.7 Å². The maximum absolute atomic E-state index is 3.18. The van der Waals surface area contributed by atoms with Crippen LogP contribution in [-0.2, 0) is 21.7 Å². The Morgan fingerprint density at radius 2 is 1.75 bits per heavy atom. The monoisotopic (exact) mass is 356 g/mol. The van der Waals surface area contributed by atoms with Gasteiger partial charge in [0.15, 0.2) is 0 Å². The van der Waals surface area contributed by atoms with Crippen molar-refractivity contribution >= 4 is 49.2 Å². The minimum atomic E-state index is -0.225. The normalized spacial score (nSPS) is 10.8. The molecule has 20 heavy (non-hydrogen) atoms. The van der Waals surface area contributed by atoms with Gasteiger partial charge in [0.1, 0.15) is 0 Å². The van der Waals surface area contributed by atoms with Crippen molar-refractivity contribution < 1.29 is 21.7 Å². The van der Waals surface area contributed by atoms with Crippen molar-refractivity contribution in [3.05, 3.63) is 66.8 Å². The zero-order valence-electron chi connectivity index (χ0n) is 11.6. The summed E-state index contributed by atoms with van der Waals surface area (Å²) >= 11 is 0. The van der Waals surface area contributed by atoms with Crippen LogP contribution >= 0.6 is 24.8 Å². The van der Waals surface area contributed by atoms with Crippen LogP contribution in [-0.4, -0.2) is 13.6 Å². The molecule has 0 heterocycles. The molecular formula is C16H18Cl2SiTi. The topological polar surface area (TPSA) is 0 Å². The van der Waals surface area contributed by atoms with Gasteiger partial charge in [-0.05, 0) is 8.41 Å². The van der Waals surface area contributed by atoms with E-state index in [2.05, 4.69) is 67.7 Å². The van der Waals surface area contributed by atoms with E-state index < -0.39 is 0 Å². The standard InChI is InChI=1S/C9H7.C7H9Si.2ClH.Ti/c1-2-5-9-7-3-6-8(9)4-1;1-8(2)7-5-3-4-6-7;;;/h1-7H;3-5H,1-2H3;2*1H;/q2*-1;;;+2. The molecule has 0 aliphatic heterocycles. The first-order valence-corrected chi connectivity index (χ1v) is 8.32. The number of allylic oxidation sites excluding steroid dienone is 4. The minimum Gasteiger partial charge on any atom is -0.214 e. The Hall–Kier alpha value is -0.309. The van der Waals surface area contributed by atoms with Gasteiger partial charge in [-0.25, -0.2) is 12.2 Å². The van der Waals surface area contributed by atoms with E-state index in [9.17, 15) is 0 Å². The third kappa shape index (κ3) is 6.43. The largest absolute Gasteiger partial charge is 2.00 e. The van der Waals surface area contributed by atoms with E-state index in [1.165, 1.54) is 15.9 Å². The Labute approximate surface area is 150 Å². The first-order valence-electron chi connectivity index (χ1n) is 5.82. The molecule has 0 aromatic heterocycles. The van der Waals surface area contributed by atoms with Crippen LogP contribution in [0.25, 0.3) is 10.8 Å². The van der Waals surface area contributed by atoms with E-state index in [0.717, 1.165) is 0 Å². The molecule has 1 aliphatic rings. The van der Waals surface area contributed by atoms with Crippen LogP contribution in [0.15, 0.2) is 60.7 Å². The SMILES string of the molecule is C[Si](C)=C1[C-]=CC=C1.Cl.Cl.[Ti+2].c1ccc2[cH-]ccc2c1. The summed E-state index contributed by atoms with van der Waals surface area (Å²) in [6.45, 7) is 4.55. The maximum Gasteiger partial charge on any atom is 2.00 e. The van der Waals surface area contributed by atoms with E-state index in [1.54, 1.807) is 0 Å². The van der Waals surface area contributed by atoms with Gasteiger partial charge in [0.2, 0.25) is 0 Å².